The van der Waals surface area contributed by atoms with E-state index in [9.17, 15) is 19.8 Å². The Morgan fingerprint density at radius 2 is 0.633 bits per heavy atom. The molecule has 0 aliphatic rings. The molecule has 3 N–H and O–H groups in total. The molecule has 2 atom stereocenters. The van der Waals surface area contributed by atoms with Gasteiger partial charge in [-0.25, -0.2) is 0 Å². The predicted molar refractivity (Wildman–Crippen MR) is 347 cm³/mol. The molecule has 0 radical (unpaired) electrons. The molecule has 1 amide bonds. The van der Waals surface area contributed by atoms with E-state index in [4.69, 9.17) is 4.74 Å². The number of amides is 1. The van der Waals surface area contributed by atoms with Gasteiger partial charge in [-0.2, -0.15) is 0 Å². The van der Waals surface area contributed by atoms with E-state index in [2.05, 4.69) is 55.6 Å². The predicted octanol–water partition coefficient (Wildman–Crippen LogP) is 22.9. The standard InChI is InChI=1S/C73H137NO5/c1-3-5-7-9-11-13-15-17-19-20-36-39-43-47-51-55-59-63-67-73(78)79-68-64-60-56-52-48-44-40-37-34-32-30-28-26-24-22-21-23-25-27-29-31-33-35-38-42-46-50-54-58-62-66-72(77)74-70(69-75)71(76)65-61-57-53-49-45-41-18-16-14-12-10-8-6-4-2/h13,15,19-20,22,24,61,65,70-71,75-76H,3-12,14,16-18,21,23,25-60,62-64,66-69H2,1-2H3,(H,74,77)/b15-13-,20-19-,24-22-,65-61+. The maximum Gasteiger partial charge on any atom is 0.305 e. The lowest BCUT2D eigenvalue weighted by Gasteiger charge is -2.20. The minimum atomic E-state index is -0.843. The van der Waals surface area contributed by atoms with E-state index < -0.39 is 12.1 Å². The summed E-state index contributed by atoms with van der Waals surface area (Å²) >= 11 is 0. The first-order valence-electron chi connectivity index (χ1n) is 35.4. The second-order valence-corrected chi connectivity index (χ2v) is 24.2. The minimum absolute atomic E-state index is 0.00954. The molecule has 0 aromatic heterocycles. The Labute approximate surface area is 493 Å². The molecule has 0 spiro atoms. The molecule has 0 saturated heterocycles. The summed E-state index contributed by atoms with van der Waals surface area (Å²) in [5.41, 5.74) is 0. The number of carbonyl (C=O) groups is 2. The zero-order valence-electron chi connectivity index (χ0n) is 53.1. The number of rotatable bonds is 66. The normalized spacial score (nSPS) is 12.8. The highest BCUT2D eigenvalue weighted by Crippen LogP contribution is 2.18. The van der Waals surface area contributed by atoms with Gasteiger partial charge in [0.2, 0.25) is 5.91 Å². The second-order valence-electron chi connectivity index (χ2n) is 24.2. The van der Waals surface area contributed by atoms with Crippen molar-refractivity contribution in [3.05, 3.63) is 48.6 Å². The van der Waals surface area contributed by atoms with Crippen LogP contribution in [0, 0.1) is 0 Å². The Balaban J connectivity index is 3.37. The average Bonchev–Trinajstić information content (AvgIpc) is 3.45. The quantitative estimate of drug-likeness (QED) is 0.0320. The summed E-state index contributed by atoms with van der Waals surface area (Å²) in [7, 11) is 0. The van der Waals surface area contributed by atoms with Crippen molar-refractivity contribution in [3.8, 4) is 0 Å². The van der Waals surface area contributed by atoms with Gasteiger partial charge >= 0.3 is 5.97 Å². The van der Waals surface area contributed by atoms with Crippen molar-refractivity contribution in [1.29, 1.82) is 0 Å². The van der Waals surface area contributed by atoms with Gasteiger partial charge in [0.1, 0.15) is 0 Å². The van der Waals surface area contributed by atoms with Gasteiger partial charge in [0.05, 0.1) is 25.4 Å². The Morgan fingerprint density at radius 1 is 0.354 bits per heavy atom. The Bertz CT molecular complexity index is 1320. The molecular formula is C73H137NO5. The van der Waals surface area contributed by atoms with Crippen LogP contribution in [0.25, 0.3) is 0 Å². The number of ether oxygens (including phenoxy) is 1. The first-order valence-corrected chi connectivity index (χ1v) is 35.4. The monoisotopic (exact) mass is 1110 g/mol. The Kier molecular flexibility index (Phi) is 66.4. The molecule has 79 heavy (non-hydrogen) atoms. The third-order valence-corrected chi connectivity index (χ3v) is 16.3. The van der Waals surface area contributed by atoms with Gasteiger partial charge in [0.15, 0.2) is 0 Å². The molecule has 0 aliphatic heterocycles. The van der Waals surface area contributed by atoms with Crippen LogP contribution in [-0.4, -0.2) is 47.4 Å². The minimum Gasteiger partial charge on any atom is -0.466 e. The van der Waals surface area contributed by atoms with E-state index in [1.54, 1.807) is 6.08 Å². The van der Waals surface area contributed by atoms with Crippen LogP contribution in [0.5, 0.6) is 0 Å². The van der Waals surface area contributed by atoms with Crippen molar-refractivity contribution in [2.45, 2.75) is 392 Å². The van der Waals surface area contributed by atoms with E-state index in [-0.39, 0.29) is 18.5 Å². The molecule has 0 aromatic carbocycles. The van der Waals surface area contributed by atoms with Crippen LogP contribution in [0.2, 0.25) is 0 Å². The third-order valence-electron chi connectivity index (χ3n) is 16.3. The summed E-state index contributed by atoms with van der Waals surface area (Å²) in [6, 6.07) is -0.627. The molecular weight excluding hydrogens is 971 g/mol. The Hall–Kier alpha value is -2.18. The van der Waals surface area contributed by atoms with Gasteiger partial charge in [-0.15, -0.1) is 0 Å². The summed E-state index contributed by atoms with van der Waals surface area (Å²) in [5, 5.41) is 23.1. The zero-order chi connectivity index (χ0) is 57.1. The number of nitrogens with one attached hydrogen (secondary N) is 1. The highest BCUT2D eigenvalue weighted by atomic mass is 16.5. The number of allylic oxidation sites excluding steroid dienone is 7. The van der Waals surface area contributed by atoms with Gasteiger partial charge in [-0.05, 0) is 89.9 Å². The van der Waals surface area contributed by atoms with Crippen LogP contribution in [0.3, 0.4) is 0 Å². The van der Waals surface area contributed by atoms with Crippen molar-refractivity contribution in [3.63, 3.8) is 0 Å². The molecule has 2 unspecified atom stereocenters. The number of aliphatic hydroxyl groups excluding tert-OH is 2. The lowest BCUT2D eigenvalue weighted by atomic mass is 10.0. The van der Waals surface area contributed by atoms with E-state index >= 15 is 0 Å². The Morgan fingerprint density at radius 3 is 0.987 bits per heavy atom. The second kappa shape index (κ2) is 68.3. The maximum atomic E-state index is 12.5. The molecule has 0 fully saturated rings. The fourth-order valence-electron chi connectivity index (χ4n) is 10.9. The van der Waals surface area contributed by atoms with Crippen molar-refractivity contribution in [2.24, 2.45) is 0 Å². The average molecular weight is 1110 g/mol. The summed E-state index contributed by atoms with van der Waals surface area (Å²) in [6.07, 6.45) is 89.1. The number of esters is 1. The smallest absolute Gasteiger partial charge is 0.305 e. The fraction of sp³-hybridized carbons (Fsp3) is 0.863. The lowest BCUT2D eigenvalue weighted by Crippen LogP contribution is -2.45. The molecule has 0 saturated carbocycles. The van der Waals surface area contributed by atoms with Crippen molar-refractivity contribution in [2.75, 3.05) is 13.2 Å². The third kappa shape index (κ3) is 64.8. The van der Waals surface area contributed by atoms with E-state index in [0.29, 0.717) is 19.4 Å². The summed E-state index contributed by atoms with van der Waals surface area (Å²) in [6.45, 7) is 4.90. The van der Waals surface area contributed by atoms with Gasteiger partial charge in [0.25, 0.3) is 0 Å². The van der Waals surface area contributed by atoms with Gasteiger partial charge < -0.3 is 20.3 Å². The van der Waals surface area contributed by atoms with E-state index in [0.717, 1.165) is 51.4 Å². The van der Waals surface area contributed by atoms with Crippen LogP contribution in [0.1, 0.15) is 380 Å². The van der Waals surface area contributed by atoms with E-state index in [1.807, 2.05) is 6.08 Å². The SMILES string of the molecule is CCCCCC/C=C\C/C=C\CCCCCCCCCC(=O)OCCCCCCCCCCCCCC/C=C\CCCCCCCCCCCCCCCCC(=O)NC(CO)C(O)/C=C/CCCCCCCCCCCCCC. The van der Waals surface area contributed by atoms with Crippen LogP contribution in [0.4, 0.5) is 0 Å². The molecule has 0 bridgehead atoms. The van der Waals surface area contributed by atoms with Gasteiger partial charge in [-0.1, -0.05) is 326 Å². The highest BCUT2D eigenvalue weighted by Gasteiger charge is 2.18. The molecule has 6 nitrogen and oxygen atoms in total. The van der Waals surface area contributed by atoms with Crippen LogP contribution in [-0.2, 0) is 14.3 Å². The van der Waals surface area contributed by atoms with Crippen molar-refractivity contribution >= 4 is 11.9 Å². The molecule has 0 rings (SSSR count). The van der Waals surface area contributed by atoms with Crippen LogP contribution < -0.4 is 5.32 Å². The number of hydrogen-bond donors (Lipinski definition) is 3. The largest absolute Gasteiger partial charge is 0.466 e. The number of carbonyl (C=O) groups excluding carboxylic acids is 2. The first kappa shape index (κ1) is 76.8. The number of aliphatic hydroxyl groups is 2. The fourth-order valence-corrected chi connectivity index (χ4v) is 10.9. The van der Waals surface area contributed by atoms with Crippen molar-refractivity contribution < 1.29 is 24.5 Å². The summed E-state index contributed by atoms with van der Waals surface area (Å²) in [4.78, 5) is 24.6. The maximum absolute atomic E-state index is 12.5. The number of hydrogen-bond acceptors (Lipinski definition) is 5. The topological polar surface area (TPSA) is 95.9 Å². The molecule has 0 heterocycles. The molecule has 0 aliphatic carbocycles. The number of unbranched alkanes of at least 4 members (excludes halogenated alkanes) is 49. The molecule has 6 heteroatoms. The van der Waals surface area contributed by atoms with Gasteiger partial charge in [-0.3, -0.25) is 9.59 Å². The summed E-state index contributed by atoms with van der Waals surface area (Å²) < 4.78 is 5.50. The lowest BCUT2D eigenvalue weighted by molar-refractivity contribution is -0.143. The highest BCUT2D eigenvalue weighted by molar-refractivity contribution is 5.76. The molecule has 0 aromatic rings. The zero-order valence-corrected chi connectivity index (χ0v) is 53.1. The van der Waals surface area contributed by atoms with Crippen molar-refractivity contribution in [1.82, 2.24) is 5.32 Å². The summed E-state index contributed by atoms with van der Waals surface area (Å²) in [5.74, 6) is -0.0557. The van der Waals surface area contributed by atoms with Gasteiger partial charge in [0, 0.05) is 12.8 Å². The van der Waals surface area contributed by atoms with E-state index in [1.165, 1.54) is 302 Å². The van der Waals surface area contributed by atoms with Crippen LogP contribution >= 0.6 is 0 Å². The molecule has 464 valence electrons. The first-order chi connectivity index (χ1) is 39.0. The van der Waals surface area contributed by atoms with Crippen LogP contribution in [0.15, 0.2) is 48.6 Å².